The summed E-state index contributed by atoms with van der Waals surface area (Å²) in [5.74, 6) is 0.307. The lowest BCUT2D eigenvalue weighted by Crippen LogP contribution is -2.29. The molecule has 3 rings (SSSR count). The van der Waals surface area contributed by atoms with Gasteiger partial charge in [-0.05, 0) is 18.6 Å². The van der Waals surface area contributed by atoms with E-state index >= 15 is 0 Å². The molecule has 8 heteroatoms. The van der Waals surface area contributed by atoms with Gasteiger partial charge >= 0.3 is 0 Å². The number of benzene rings is 1. The fourth-order valence-corrected chi connectivity index (χ4v) is 2.21. The normalized spacial score (nSPS) is 10.6. The Labute approximate surface area is 143 Å². The molecular weight excluding hydrogens is 322 g/mol. The van der Waals surface area contributed by atoms with Crippen LogP contribution in [-0.4, -0.2) is 25.9 Å². The predicted octanol–water partition coefficient (Wildman–Crippen LogP) is 1.22. The zero-order chi connectivity index (χ0) is 17.8. The second kappa shape index (κ2) is 7.08. The number of nitrogens with zero attached hydrogens (tertiary/aromatic N) is 4. The molecule has 25 heavy (non-hydrogen) atoms. The predicted molar refractivity (Wildman–Crippen MR) is 89.0 cm³/mol. The van der Waals surface area contributed by atoms with Crippen LogP contribution in [0.3, 0.4) is 0 Å². The lowest BCUT2D eigenvalue weighted by Gasteiger charge is -2.07. The largest absolute Gasteiger partial charge is 0.424 e. The number of aromatic nitrogens is 4. The molecule has 128 valence electrons. The van der Waals surface area contributed by atoms with Crippen LogP contribution in [0.5, 0.6) is 0 Å². The molecule has 3 aromatic rings. The van der Waals surface area contributed by atoms with E-state index in [1.165, 1.54) is 16.8 Å². The summed E-state index contributed by atoms with van der Waals surface area (Å²) in [5.41, 5.74) is 1.93. The second-order valence-corrected chi connectivity index (χ2v) is 5.60. The summed E-state index contributed by atoms with van der Waals surface area (Å²) in [6.07, 6.45) is 0. The van der Waals surface area contributed by atoms with Crippen LogP contribution in [0.15, 0.2) is 45.6 Å². The van der Waals surface area contributed by atoms with Crippen LogP contribution >= 0.6 is 0 Å². The number of hydrogen-bond donors (Lipinski definition) is 1. The molecule has 0 fully saturated rings. The molecule has 0 aliphatic heterocycles. The van der Waals surface area contributed by atoms with Gasteiger partial charge in [-0.1, -0.05) is 29.8 Å². The Kier molecular flexibility index (Phi) is 4.69. The maximum atomic E-state index is 12.2. The summed E-state index contributed by atoms with van der Waals surface area (Å²) < 4.78 is 6.45. The van der Waals surface area contributed by atoms with E-state index in [1.807, 2.05) is 31.2 Å². The highest BCUT2D eigenvalue weighted by Crippen LogP contribution is 2.04. The second-order valence-electron chi connectivity index (χ2n) is 5.60. The summed E-state index contributed by atoms with van der Waals surface area (Å²) in [5, 5.41) is 14.3. The van der Waals surface area contributed by atoms with Crippen LogP contribution in [0.4, 0.5) is 0 Å². The van der Waals surface area contributed by atoms with Crippen LogP contribution < -0.4 is 10.9 Å². The number of aryl methyl sites for hydroxylation is 2. The third-order valence-corrected chi connectivity index (χ3v) is 3.52. The highest BCUT2D eigenvalue weighted by atomic mass is 16.4. The van der Waals surface area contributed by atoms with Gasteiger partial charge in [-0.15, -0.1) is 10.2 Å². The smallest absolute Gasteiger partial charge is 0.272 e. The van der Waals surface area contributed by atoms with Gasteiger partial charge < -0.3 is 9.73 Å². The van der Waals surface area contributed by atoms with E-state index in [0.717, 1.165) is 11.1 Å². The Hall–Kier alpha value is -3.29. The molecule has 0 atom stereocenters. The number of rotatable bonds is 5. The molecule has 0 aliphatic rings. The first kappa shape index (κ1) is 16.6. The molecule has 0 bridgehead atoms. The third-order valence-electron chi connectivity index (χ3n) is 3.52. The van der Waals surface area contributed by atoms with Gasteiger partial charge in [0.15, 0.2) is 0 Å². The van der Waals surface area contributed by atoms with E-state index in [4.69, 9.17) is 4.42 Å². The third kappa shape index (κ3) is 4.17. The summed E-state index contributed by atoms with van der Waals surface area (Å²) in [6.45, 7) is 4.05. The van der Waals surface area contributed by atoms with Gasteiger partial charge in [-0.3, -0.25) is 9.59 Å². The fourth-order valence-electron chi connectivity index (χ4n) is 2.21. The minimum atomic E-state index is -0.423. The first-order valence-corrected chi connectivity index (χ1v) is 7.72. The molecule has 1 amide bonds. The van der Waals surface area contributed by atoms with Crippen molar-refractivity contribution in [3.8, 4) is 0 Å². The Morgan fingerprint density at radius 1 is 1.12 bits per heavy atom. The van der Waals surface area contributed by atoms with Gasteiger partial charge in [0.25, 0.3) is 11.5 Å². The number of nitrogens with one attached hydrogen (secondary N) is 1. The van der Waals surface area contributed by atoms with Crippen molar-refractivity contribution in [2.45, 2.75) is 26.9 Å². The molecule has 2 aromatic heterocycles. The molecule has 0 spiro atoms. The van der Waals surface area contributed by atoms with Gasteiger partial charge in [0.1, 0.15) is 5.69 Å². The first-order valence-electron chi connectivity index (χ1n) is 7.72. The molecule has 0 unspecified atom stereocenters. The molecule has 0 saturated heterocycles. The lowest BCUT2D eigenvalue weighted by atomic mass is 10.1. The molecule has 0 saturated carbocycles. The molecule has 1 aromatic carbocycles. The number of amides is 1. The fraction of sp³-hybridized carbons (Fsp3) is 0.235. The van der Waals surface area contributed by atoms with Crippen molar-refractivity contribution in [1.29, 1.82) is 0 Å². The molecule has 1 N–H and O–H groups in total. The Morgan fingerprint density at radius 3 is 2.56 bits per heavy atom. The molecular formula is C17H17N5O3. The van der Waals surface area contributed by atoms with E-state index in [9.17, 15) is 9.59 Å². The van der Waals surface area contributed by atoms with Gasteiger partial charge in [-0.25, -0.2) is 4.68 Å². The summed E-state index contributed by atoms with van der Waals surface area (Å²) in [7, 11) is 0. The highest BCUT2D eigenvalue weighted by Gasteiger charge is 2.11. The van der Waals surface area contributed by atoms with Crippen LogP contribution in [-0.2, 0) is 13.1 Å². The van der Waals surface area contributed by atoms with Gasteiger partial charge in [-0.2, -0.15) is 5.10 Å². The van der Waals surface area contributed by atoms with Crippen molar-refractivity contribution in [3.63, 3.8) is 0 Å². The first-order chi connectivity index (χ1) is 12.0. The topological polar surface area (TPSA) is 103 Å². The van der Waals surface area contributed by atoms with Crippen molar-refractivity contribution in [1.82, 2.24) is 25.3 Å². The molecule has 0 aliphatic carbocycles. The van der Waals surface area contributed by atoms with E-state index in [2.05, 4.69) is 20.6 Å². The van der Waals surface area contributed by atoms with Crippen molar-refractivity contribution in [3.05, 3.63) is 75.4 Å². The van der Waals surface area contributed by atoms with Crippen LogP contribution in [0.2, 0.25) is 0 Å². The van der Waals surface area contributed by atoms with Crippen molar-refractivity contribution >= 4 is 5.91 Å². The summed E-state index contributed by atoms with van der Waals surface area (Å²) >= 11 is 0. The van der Waals surface area contributed by atoms with Crippen LogP contribution in [0.25, 0.3) is 0 Å². The zero-order valence-corrected chi connectivity index (χ0v) is 13.9. The van der Waals surface area contributed by atoms with E-state index in [0.29, 0.717) is 18.3 Å². The SMILES string of the molecule is Cc1ccc(Cn2nc(C(=O)NCc3nnc(C)o3)ccc2=O)cc1. The molecule has 2 heterocycles. The average Bonchev–Trinajstić information content (AvgIpc) is 3.02. The Bertz CT molecular complexity index is 943. The van der Waals surface area contributed by atoms with E-state index in [1.54, 1.807) is 6.92 Å². The summed E-state index contributed by atoms with van der Waals surface area (Å²) in [6, 6.07) is 10.5. The van der Waals surface area contributed by atoms with Gasteiger partial charge in [0.05, 0.1) is 13.1 Å². The average molecular weight is 339 g/mol. The minimum Gasteiger partial charge on any atom is -0.424 e. The lowest BCUT2D eigenvalue weighted by molar-refractivity contribution is 0.0939. The van der Waals surface area contributed by atoms with Gasteiger partial charge in [0, 0.05) is 13.0 Å². The quantitative estimate of drug-likeness (QED) is 0.750. The molecule has 8 nitrogen and oxygen atoms in total. The van der Waals surface area contributed by atoms with Crippen molar-refractivity contribution in [2.75, 3.05) is 0 Å². The maximum absolute atomic E-state index is 12.2. The molecule has 0 radical (unpaired) electrons. The maximum Gasteiger partial charge on any atom is 0.272 e. The number of hydrogen-bond acceptors (Lipinski definition) is 6. The zero-order valence-electron chi connectivity index (χ0n) is 13.9. The van der Waals surface area contributed by atoms with Crippen molar-refractivity contribution in [2.24, 2.45) is 0 Å². The standard InChI is InChI=1S/C17H17N5O3/c1-11-3-5-13(6-4-11)10-22-16(23)8-7-14(21-22)17(24)18-9-15-20-19-12(2)25-15/h3-8H,9-10H2,1-2H3,(H,18,24). The Morgan fingerprint density at radius 2 is 1.88 bits per heavy atom. The minimum absolute atomic E-state index is 0.0957. The Balaban J connectivity index is 1.72. The van der Waals surface area contributed by atoms with E-state index in [-0.39, 0.29) is 17.8 Å². The number of carbonyl (C=O) groups excluding carboxylic acids is 1. The summed E-state index contributed by atoms with van der Waals surface area (Å²) in [4.78, 5) is 24.2. The van der Waals surface area contributed by atoms with Crippen molar-refractivity contribution < 1.29 is 9.21 Å². The monoisotopic (exact) mass is 339 g/mol. The van der Waals surface area contributed by atoms with E-state index < -0.39 is 5.91 Å². The van der Waals surface area contributed by atoms with Gasteiger partial charge in [0.2, 0.25) is 11.8 Å². The van der Waals surface area contributed by atoms with Crippen LogP contribution in [0.1, 0.15) is 33.4 Å². The van der Waals surface area contributed by atoms with Crippen LogP contribution in [0, 0.1) is 13.8 Å². The number of carbonyl (C=O) groups is 1. The highest BCUT2D eigenvalue weighted by molar-refractivity contribution is 5.91.